The van der Waals surface area contributed by atoms with Gasteiger partial charge in [0.05, 0.1) is 18.6 Å². The van der Waals surface area contributed by atoms with Crippen LogP contribution in [0.5, 0.6) is 5.75 Å². The van der Waals surface area contributed by atoms with Crippen LogP contribution in [0.15, 0.2) is 24.3 Å². The molecule has 0 amide bonds. The van der Waals surface area contributed by atoms with Crippen LogP contribution in [-0.4, -0.2) is 47.5 Å². The standard InChI is InChI=1S/C17H23NO4/c1-3-22-15-6-4-13(5-7-15)16(19)12(2)18-10-8-14(9-11-18)17(20)21/h4-7,12,14H,3,8-11H2,1-2H3,(H,20,21). The molecule has 0 aromatic heterocycles. The predicted molar refractivity (Wildman–Crippen MR) is 83.3 cm³/mol. The van der Waals surface area contributed by atoms with Crippen LogP contribution < -0.4 is 4.74 Å². The minimum absolute atomic E-state index is 0.0665. The molecule has 1 saturated heterocycles. The molecule has 5 heteroatoms. The van der Waals surface area contributed by atoms with E-state index in [1.54, 1.807) is 24.3 Å². The van der Waals surface area contributed by atoms with Gasteiger partial charge in [-0.05, 0) is 64.0 Å². The molecule has 0 spiro atoms. The number of piperidine rings is 1. The smallest absolute Gasteiger partial charge is 0.306 e. The van der Waals surface area contributed by atoms with E-state index in [1.807, 2.05) is 13.8 Å². The number of carboxylic acid groups (broad SMARTS) is 1. The minimum atomic E-state index is -0.731. The highest BCUT2D eigenvalue weighted by molar-refractivity contribution is 5.99. The Balaban J connectivity index is 1.96. The van der Waals surface area contributed by atoms with E-state index in [1.165, 1.54) is 0 Å². The Morgan fingerprint density at radius 3 is 2.36 bits per heavy atom. The number of ketones is 1. The zero-order valence-corrected chi connectivity index (χ0v) is 13.1. The summed E-state index contributed by atoms with van der Waals surface area (Å²) in [6.07, 6.45) is 1.21. The van der Waals surface area contributed by atoms with Crippen LogP contribution in [0.25, 0.3) is 0 Å². The molecule has 1 aromatic carbocycles. The molecule has 1 aliphatic rings. The molecule has 1 aliphatic heterocycles. The zero-order valence-electron chi connectivity index (χ0n) is 13.1. The molecule has 1 N–H and O–H groups in total. The van der Waals surface area contributed by atoms with Gasteiger partial charge in [-0.25, -0.2) is 0 Å². The van der Waals surface area contributed by atoms with E-state index in [0.717, 1.165) is 5.75 Å². The molecule has 5 nitrogen and oxygen atoms in total. The van der Waals surface area contributed by atoms with Gasteiger partial charge in [0.25, 0.3) is 0 Å². The molecule has 2 rings (SSSR count). The van der Waals surface area contributed by atoms with Crippen molar-refractivity contribution in [3.05, 3.63) is 29.8 Å². The second kappa shape index (κ2) is 7.40. The van der Waals surface area contributed by atoms with Crippen LogP contribution in [0.3, 0.4) is 0 Å². The van der Waals surface area contributed by atoms with Crippen molar-refractivity contribution in [2.45, 2.75) is 32.7 Å². The zero-order chi connectivity index (χ0) is 16.1. The summed E-state index contributed by atoms with van der Waals surface area (Å²) in [4.78, 5) is 25.6. The summed E-state index contributed by atoms with van der Waals surface area (Å²) in [5, 5.41) is 9.02. The van der Waals surface area contributed by atoms with Gasteiger partial charge in [-0.15, -0.1) is 0 Å². The lowest BCUT2D eigenvalue weighted by atomic mass is 9.94. The molecular weight excluding hydrogens is 282 g/mol. The second-order valence-corrected chi connectivity index (χ2v) is 5.65. The number of Topliss-reactive ketones (excluding diaryl/α,β-unsaturated/α-hetero) is 1. The predicted octanol–water partition coefficient (Wildman–Crippen LogP) is 2.45. The topological polar surface area (TPSA) is 66.8 Å². The molecular formula is C17H23NO4. The summed E-state index contributed by atoms with van der Waals surface area (Å²) in [6.45, 7) is 5.71. The quantitative estimate of drug-likeness (QED) is 0.818. The summed E-state index contributed by atoms with van der Waals surface area (Å²) in [6, 6.07) is 6.95. The Hall–Kier alpha value is -1.88. The first-order valence-electron chi connectivity index (χ1n) is 7.76. The van der Waals surface area contributed by atoms with E-state index >= 15 is 0 Å². The summed E-state index contributed by atoms with van der Waals surface area (Å²) in [5.41, 5.74) is 0.663. The average molecular weight is 305 g/mol. The number of aliphatic carboxylic acids is 1. The van der Waals surface area contributed by atoms with Crippen LogP contribution in [0.1, 0.15) is 37.0 Å². The Kier molecular flexibility index (Phi) is 5.55. The first-order chi connectivity index (χ1) is 10.5. The molecule has 0 bridgehead atoms. The summed E-state index contributed by atoms with van der Waals surface area (Å²) < 4.78 is 5.37. The molecule has 0 aliphatic carbocycles. The van der Waals surface area contributed by atoms with E-state index in [-0.39, 0.29) is 17.7 Å². The normalized spacial score (nSPS) is 17.9. The number of hydrogen-bond donors (Lipinski definition) is 1. The lowest BCUT2D eigenvalue weighted by Gasteiger charge is -2.33. The fourth-order valence-electron chi connectivity index (χ4n) is 2.82. The van der Waals surface area contributed by atoms with Crippen LogP contribution in [0.4, 0.5) is 0 Å². The Bertz CT molecular complexity index is 518. The van der Waals surface area contributed by atoms with Crippen molar-refractivity contribution < 1.29 is 19.4 Å². The number of nitrogens with zero attached hydrogens (tertiary/aromatic N) is 1. The Morgan fingerprint density at radius 2 is 1.86 bits per heavy atom. The average Bonchev–Trinajstić information content (AvgIpc) is 2.54. The third-order valence-corrected chi connectivity index (χ3v) is 4.26. The van der Waals surface area contributed by atoms with Gasteiger partial charge in [-0.3, -0.25) is 14.5 Å². The summed E-state index contributed by atoms with van der Waals surface area (Å²) in [7, 11) is 0. The molecule has 1 atom stereocenters. The van der Waals surface area contributed by atoms with Gasteiger partial charge in [0.1, 0.15) is 5.75 Å². The maximum Gasteiger partial charge on any atom is 0.306 e. The number of hydrogen-bond acceptors (Lipinski definition) is 4. The highest BCUT2D eigenvalue weighted by Gasteiger charge is 2.29. The number of carbonyl (C=O) groups is 2. The van der Waals surface area contributed by atoms with Gasteiger partial charge in [0.15, 0.2) is 5.78 Å². The van der Waals surface area contributed by atoms with Crippen molar-refractivity contribution >= 4 is 11.8 Å². The number of rotatable bonds is 6. The van der Waals surface area contributed by atoms with Gasteiger partial charge in [0, 0.05) is 5.56 Å². The number of likely N-dealkylation sites (tertiary alicyclic amines) is 1. The van der Waals surface area contributed by atoms with E-state index in [4.69, 9.17) is 9.84 Å². The van der Waals surface area contributed by atoms with E-state index in [9.17, 15) is 9.59 Å². The lowest BCUT2D eigenvalue weighted by molar-refractivity contribution is -0.143. The maximum absolute atomic E-state index is 12.5. The van der Waals surface area contributed by atoms with Gasteiger partial charge in [-0.2, -0.15) is 0 Å². The van der Waals surface area contributed by atoms with E-state index in [0.29, 0.717) is 38.1 Å². The molecule has 0 saturated carbocycles. The third kappa shape index (κ3) is 3.85. The number of carbonyl (C=O) groups excluding carboxylic acids is 1. The van der Waals surface area contributed by atoms with Crippen molar-refractivity contribution in [2.24, 2.45) is 5.92 Å². The van der Waals surface area contributed by atoms with Crippen molar-refractivity contribution in [1.82, 2.24) is 4.90 Å². The number of benzene rings is 1. The Labute approximate surface area is 130 Å². The fraction of sp³-hybridized carbons (Fsp3) is 0.529. The SMILES string of the molecule is CCOc1ccc(C(=O)C(C)N2CCC(C(=O)O)CC2)cc1. The first-order valence-corrected chi connectivity index (χ1v) is 7.76. The van der Waals surface area contributed by atoms with Gasteiger partial charge in [0.2, 0.25) is 0 Å². The van der Waals surface area contributed by atoms with Crippen molar-refractivity contribution in [2.75, 3.05) is 19.7 Å². The van der Waals surface area contributed by atoms with Crippen LogP contribution >= 0.6 is 0 Å². The monoisotopic (exact) mass is 305 g/mol. The fourth-order valence-corrected chi connectivity index (χ4v) is 2.82. The van der Waals surface area contributed by atoms with Crippen molar-refractivity contribution in [3.63, 3.8) is 0 Å². The lowest BCUT2D eigenvalue weighted by Crippen LogP contribution is -2.45. The molecule has 1 unspecified atom stereocenters. The summed E-state index contributed by atoms with van der Waals surface area (Å²) in [5.74, 6) is -0.181. The molecule has 22 heavy (non-hydrogen) atoms. The summed E-state index contributed by atoms with van der Waals surface area (Å²) >= 11 is 0. The van der Waals surface area contributed by atoms with Crippen LogP contribution in [-0.2, 0) is 4.79 Å². The van der Waals surface area contributed by atoms with E-state index < -0.39 is 5.97 Å². The number of carboxylic acids is 1. The largest absolute Gasteiger partial charge is 0.494 e. The Morgan fingerprint density at radius 1 is 1.27 bits per heavy atom. The van der Waals surface area contributed by atoms with Gasteiger partial charge >= 0.3 is 5.97 Å². The van der Waals surface area contributed by atoms with Crippen LogP contribution in [0.2, 0.25) is 0 Å². The second-order valence-electron chi connectivity index (χ2n) is 5.65. The highest BCUT2D eigenvalue weighted by Crippen LogP contribution is 2.21. The third-order valence-electron chi connectivity index (χ3n) is 4.26. The molecule has 120 valence electrons. The molecule has 1 aromatic rings. The van der Waals surface area contributed by atoms with Crippen LogP contribution in [0, 0.1) is 5.92 Å². The first kappa shape index (κ1) is 16.5. The molecule has 1 fully saturated rings. The minimum Gasteiger partial charge on any atom is -0.494 e. The van der Waals surface area contributed by atoms with Crippen molar-refractivity contribution in [1.29, 1.82) is 0 Å². The van der Waals surface area contributed by atoms with Crippen molar-refractivity contribution in [3.8, 4) is 5.75 Å². The highest BCUT2D eigenvalue weighted by atomic mass is 16.5. The van der Waals surface area contributed by atoms with Gasteiger partial charge in [-0.1, -0.05) is 0 Å². The number of ether oxygens (including phenoxy) is 1. The van der Waals surface area contributed by atoms with Gasteiger partial charge < -0.3 is 9.84 Å². The molecule has 1 heterocycles. The van der Waals surface area contributed by atoms with E-state index in [2.05, 4.69) is 4.90 Å². The molecule has 0 radical (unpaired) electrons. The maximum atomic E-state index is 12.5.